The molecule has 4 rings (SSSR count). The van der Waals surface area contributed by atoms with Crippen LogP contribution in [-0.4, -0.2) is 111 Å². The molecular weight excluding hydrogens is 502 g/mol. The Kier molecular flexibility index (Phi) is 10.8. The maximum Gasteiger partial charge on any atom is 0.308 e. The van der Waals surface area contributed by atoms with Crippen molar-refractivity contribution in [3.63, 3.8) is 0 Å². The summed E-state index contributed by atoms with van der Waals surface area (Å²) in [5.74, 6) is -0.407. The molecule has 0 aromatic heterocycles. The molecule has 1 N–H and O–H groups in total. The summed E-state index contributed by atoms with van der Waals surface area (Å²) in [5.41, 5.74) is 0.895. The lowest BCUT2D eigenvalue weighted by atomic mass is 9.83. The van der Waals surface area contributed by atoms with Crippen LogP contribution in [0.5, 0.6) is 11.5 Å². The molecule has 3 atom stereocenters. The Hall–Kier alpha value is -2.40. The molecule has 0 saturated carbocycles. The molecule has 218 valence electrons. The van der Waals surface area contributed by atoms with Crippen LogP contribution in [0.4, 0.5) is 0 Å². The van der Waals surface area contributed by atoms with Gasteiger partial charge in [-0.1, -0.05) is 19.4 Å². The average Bonchev–Trinajstić information content (AvgIpc) is 3.66. The Morgan fingerprint density at radius 3 is 2.44 bits per heavy atom. The van der Waals surface area contributed by atoms with E-state index in [2.05, 4.69) is 30.8 Å². The topological polar surface area (TPSA) is 101 Å². The molecule has 1 aromatic carbocycles. The number of rotatable bonds is 15. The fourth-order valence-corrected chi connectivity index (χ4v) is 5.93. The summed E-state index contributed by atoms with van der Waals surface area (Å²) in [6.07, 6.45) is 4.80. The zero-order valence-corrected chi connectivity index (χ0v) is 23.7. The van der Waals surface area contributed by atoms with E-state index in [1.165, 1.54) is 0 Å². The molecular formula is C29H45N3O7. The first-order valence-electron chi connectivity index (χ1n) is 14.4. The number of carboxylic acid groups (broad SMARTS) is 1. The van der Waals surface area contributed by atoms with Crippen molar-refractivity contribution in [3.8, 4) is 11.5 Å². The standard InChI is InChI=1S/C29H45N3O7/c1-4-5-13-31(14-7-6-12-30(2)3)26(33)19-32-18-22(21-8-10-24-25(17-21)39-20-38-24)28(29(34)35)23(32)9-11-27-36-15-16-37-27/h8,10,17,22-23,27-28H,4-7,9,11-16,18-20H2,1-3H3,(H,34,35)/t22-,23+,28-/m1/s1. The van der Waals surface area contributed by atoms with Gasteiger partial charge in [-0.25, -0.2) is 0 Å². The number of unbranched alkanes of at least 4 members (excludes halogenated alkanes) is 2. The van der Waals surface area contributed by atoms with E-state index >= 15 is 0 Å². The molecule has 3 heterocycles. The Labute approximate surface area is 232 Å². The van der Waals surface area contributed by atoms with Gasteiger partial charge in [0.15, 0.2) is 17.8 Å². The lowest BCUT2D eigenvalue weighted by Crippen LogP contribution is -2.45. The van der Waals surface area contributed by atoms with Crippen molar-refractivity contribution in [3.05, 3.63) is 23.8 Å². The number of carboxylic acids is 1. The van der Waals surface area contributed by atoms with E-state index in [0.717, 1.165) is 50.9 Å². The fraction of sp³-hybridized carbons (Fsp3) is 0.724. The Morgan fingerprint density at radius 2 is 1.72 bits per heavy atom. The number of benzene rings is 1. The lowest BCUT2D eigenvalue weighted by Gasteiger charge is -2.30. The summed E-state index contributed by atoms with van der Waals surface area (Å²) >= 11 is 0. The molecule has 2 fully saturated rings. The minimum atomic E-state index is -0.850. The van der Waals surface area contributed by atoms with Crippen LogP contribution in [-0.2, 0) is 19.1 Å². The Bertz CT molecular complexity index is 953. The third-order valence-corrected chi connectivity index (χ3v) is 8.00. The van der Waals surface area contributed by atoms with Gasteiger partial charge in [-0.15, -0.1) is 0 Å². The lowest BCUT2D eigenvalue weighted by molar-refractivity contribution is -0.144. The Morgan fingerprint density at radius 1 is 1.00 bits per heavy atom. The second-order valence-corrected chi connectivity index (χ2v) is 11.1. The summed E-state index contributed by atoms with van der Waals surface area (Å²) in [5, 5.41) is 10.4. The van der Waals surface area contributed by atoms with Crippen LogP contribution in [0, 0.1) is 5.92 Å². The van der Waals surface area contributed by atoms with E-state index in [0.29, 0.717) is 44.1 Å². The number of nitrogens with zero attached hydrogens (tertiary/aromatic N) is 3. The van der Waals surface area contributed by atoms with Gasteiger partial charge in [-0.05, 0) is 70.4 Å². The van der Waals surface area contributed by atoms with Gasteiger partial charge in [-0.2, -0.15) is 0 Å². The zero-order chi connectivity index (χ0) is 27.8. The number of aliphatic carboxylic acids is 1. The van der Waals surface area contributed by atoms with E-state index in [1.54, 1.807) is 0 Å². The van der Waals surface area contributed by atoms with Gasteiger partial charge in [-0.3, -0.25) is 14.5 Å². The van der Waals surface area contributed by atoms with Gasteiger partial charge in [0.2, 0.25) is 12.7 Å². The number of ether oxygens (including phenoxy) is 4. The van der Waals surface area contributed by atoms with Gasteiger partial charge in [0.25, 0.3) is 0 Å². The van der Waals surface area contributed by atoms with Crippen molar-refractivity contribution in [1.29, 1.82) is 0 Å². The van der Waals surface area contributed by atoms with E-state index in [-0.39, 0.29) is 37.5 Å². The zero-order valence-electron chi connectivity index (χ0n) is 23.7. The first-order valence-corrected chi connectivity index (χ1v) is 14.4. The number of likely N-dealkylation sites (tertiary alicyclic amines) is 1. The normalized spacial score (nSPS) is 23.1. The van der Waals surface area contributed by atoms with Crippen LogP contribution < -0.4 is 9.47 Å². The molecule has 39 heavy (non-hydrogen) atoms. The van der Waals surface area contributed by atoms with Crippen LogP contribution in [0.25, 0.3) is 0 Å². The van der Waals surface area contributed by atoms with Gasteiger partial charge < -0.3 is 33.9 Å². The molecule has 3 aliphatic rings. The van der Waals surface area contributed by atoms with Crippen LogP contribution in [0.2, 0.25) is 0 Å². The summed E-state index contributed by atoms with van der Waals surface area (Å²) in [7, 11) is 4.12. The highest BCUT2D eigenvalue weighted by molar-refractivity contribution is 5.79. The van der Waals surface area contributed by atoms with Crippen LogP contribution in [0.1, 0.15) is 56.9 Å². The number of amides is 1. The van der Waals surface area contributed by atoms with Gasteiger partial charge in [0, 0.05) is 31.6 Å². The van der Waals surface area contributed by atoms with Crippen LogP contribution in [0.15, 0.2) is 18.2 Å². The van der Waals surface area contributed by atoms with Gasteiger partial charge in [0.1, 0.15) is 0 Å². The highest BCUT2D eigenvalue weighted by Crippen LogP contribution is 2.43. The highest BCUT2D eigenvalue weighted by atomic mass is 16.7. The quantitative estimate of drug-likeness (QED) is 0.332. The molecule has 0 aliphatic carbocycles. The third kappa shape index (κ3) is 7.84. The highest BCUT2D eigenvalue weighted by Gasteiger charge is 2.47. The first-order chi connectivity index (χ1) is 18.9. The molecule has 1 amide bonds. The van der Waals surface area contributed by atoms with E-state index in [4.69, 9.17) is 18.9 Å². The molecule has 1 aromatic rings. The van der Waals surface area contributed by atoms with Crippen LogP contribution >= 0.6 is 0 Å². The van der Waals surface area contributed by atoms with Crippen LogP contribution in [0.3, 0.4) is 0 Å². The van der Waals surface area contributed by atoms with Gasteiger partial charge in [0.05, 0.1) is 25.7 Å². The molecule has 0 radical (unpaired) electrons. The van der Waals surface area contributed by atoms with E-state index < -0.39 is 11.9 Å². The van der Waals surface area contributed by atoms with Crippen molar-refractivity contribution in [2.24, 2.45) is 5.92 Å². The predicted molar refractivity (Wildman–Crippen MR) is 146 cm³/mol. The number of hydrogen-bond acceptors (Lipinski definition) is 8. The predicted octanol–water partition coefficient (Wildman–Crippen LogP) is 3.01. The summed E-state index contributed by atoms with van der Waals surface area (Å²) in [4.78, 5) is 32.6. The maximum atomic E-state index is 13.7. The third-order valence-electron chi connectivity index (χ3n) is 8.00. The average molecular weight is 548 g/mol. The Balaban J connectivity index is 1.51. The van der Waals surface area contributed by atoms with Crippen molar-refractivity contribution < 1.29 is 33.6 Å². The van der Waals surface area contributed by atoms with Gasteiger partial charge >= 0.3 is 5.97 Å². The largest absolute Gasteiger partial charge is 0.481 e. The number of carbonyl (C=O) groups is 2. The van der Waals surface area contributed by atoms with Crippen molar-refractivity contribution in [1.82, 2.24) is 14.7 Å². The number of carbonyl (C=O) groups excluding carboxylic acids is 1. The van der Waals surface area contributed by atoms with Crippen molar-refractivity contribution in [2.75, 3.05) is 66.8 Å². The first kappa shape index (κ1) is 29.6. The molecule has 0 unspecified atom stereocenters. The summed E-state index contributed by atoms with van der Waals surface area (Å²) in [6, 6.07) is 5.36. The second kappa shape index (κ2) is 14.3. The molecule has 10 heteroatoms. The number of fused-ring (bicyclic) bond motifs is 1. The molecule has 2 saturated heterocycles. The molecule has 0 spiro atoms. The molecule has 3 aliphatic heterocycles. The fourth-order valence-electron chi connectivity index (χ4n) is 5.93. The second-order valence-electron chi connectivity index (χ2n) is 11.1. The smallest absolute Gasteiger partial charge is 0.308 e. The minimum Gasteiger partial charge on any atom is -0.481 e. The summed E-state index contributed by atoms with van der Waals surface area (Å²) in [6.45, 7) is 6.55. The van der Waals surface area contributed by atoms with Crippen molar-refractivity contribution in [2.45, 2.75) is 63.7 Å². The monoisotopic (exact) mass is 547 g/mol. The minimum absolute atomic E-state index is 0.0714. The SMILES string of the molecule is CCCCN(CCCCN(C)C)C(=O)CN1C[C@H](c2ccc3c(c2)OCO3)[C@@H](C(=O)O)[C@@H]1CCC1OCCO1. The summed E-state index contributed by atoms with van der Waals surface area (Å²) < 4.78 is 22.3. The van der Waals surface area contributed by atoms with E-state index in [9.17, 15) is 14.7 Å². The molecule has 0 bridgehead atoms. The van der Waals surface area contributed by atoms with Crippen molar-refractivity contribution >= 4 is 11.9 Å². The molecule has 10 nitrogen and oxygen atoms in total. The maximum absolute atomic E-state index is 13.7. The number of hydrogen-bond donors (Lipinski definition) is 1. The van der Waals surface area contributed by atoms with E-state index in [1.807, 2.05) is 23.1 Å².